The second kappa shape index (κ2) is 5.52. The van der Waals surface area contributed by atoms with E-state index < -0.39 is 0 Å². The van der Waals surface area contributed by atoms with Crippen LogP contribution in [0.4, 0.5) is 0 Å². The van der Waals surface area contributed by atoms with Crippen molar-refractivity contribution in [3.05, 3.63) is 48.3 Å². The second-order valence-electron chi connectivity index (χ2n) is 7.46. The molecule has 0 fully saturated rings. The Balaban J connectivity index is 2.33. The van der Waals surface area contributed by atoms with Gasteiger partial charge in [-0.1, -0.05) is 29.9 Å². The highest BCUT2D eigenvalue weighted by Crippen LogP contribution is 2.28. The van der Waals surface area contributed by atoms with Crippen molar-refractivity contribution < 1.29 is 0 Å². The van der Waals surface area contributed by atoms with Crippen molar-refractivity contribution in [2.45, 2.75) is 52.6 Å². The summed E-state index contributed by atoms with van der Waals surface area (Å²) in [5.74, 6) is 6.77. The Morgan fingerprint density at radius 2 is 1.29 bits per heavy atom. The summed E-state index contributed by atoms with van der Waals surface area (Å²) in [4.78, 5) is 4.66. The maximum atomic E-state index is 3.45. The molecular formula is C18H25BN2. The normalized spacial score (nSPS) is 15.2. The van der Waals surface area contributed by atoms with Gasteiger partial charge in [0.15, 0.2) is 0 Å². The summed E-state index contributed by atoms with van der Waals surface area (Å²) in [7, 11) is 0. The third kappa shape index (κ3) is 3.64. The molecule has 0 saturated heterocycles. The summed E-state index contributed by atoms with van der Waals surface area (Å²) in [6, 6.07) is 10.2. The zero-order valence-corrected chi connectivity index (χ0v) is 14.0. The van der Waals surface area contributed by atoms with Gasteiger partial charge < -0.3 is 9.62 Å². The summed E-state index contributed by atoms with van der Waals surface area (Å²) in [6.07, 6.45) is 4.32. The Labute approximate surface area is 130 Å². The van der Waals surface area contributed by atoms with Crippen LogP contribution in [-0.2, 0) is 0 Å². The molecule has 0 amide bonds. The van der Waals surface area contributed by atoms with Crippen LogP contribution in [0.15, 0.2) is 42.7 Å². The number of hydrogen-bond donors (Lipinski definition) is 0. The number of benzene rings is 1. The molecule has 0 aliphatic carbocycles. The zero-order valence-electron chi connectivity index (χ0n) is 14.0. The van der Waals surface area contributed by atoms with Crippen molar-refractivity contribution in [1.29, 1.82) is 0 Å². The summed E-state index contributed by atoms with van der Waals surface area (Å²) in [5.41, 5.74) is 1.16. The first-order valence-electron chi connectivity index (χ1n) is 7.51. The van der Waals surface area contributed by atoms with Crippen molar-refractivity contribution in [3.8, 4) is 11.7 Å². The third-order valence-corrected chi connectivity index (χ3v) is 3.58. The monoisotopic (exact) mass is 280 g/mol. The fourth-order valence-corrected chi connectivity index (χ4v) is 2.43. The quantitative estimate of drug-likeness (QED) is 0.527. The molecule has 0 bridgehead atoms. The topological polar surface area (TPSA) is 6.48 Å². The number of hydrogen-bond acceptors (Lipinski definition) is 2. The smallest absolute Gasteiger partial charge is 0.385 e. The van der Waals surface area contributed by atoms with Crippen molar-refractivity contribution in [1.82, 2.24) is 9.62 Å². The highest BCUT2D eigenvalue weighted by molar-refractivity contribution is 6.63. The van der Waals surface area contributed by atoms with Crippen LogP contribution in [-0.4, -0.2) is 27.7 Å². The van der Waals surface area contributed by atoms with Crippen LogP contribution in [0.1, 0.15) is 47.1 Å². The van der Waals surface area contributed by atoms with Gasteiger partial charge in [0.2, 0.25) is 0 Å². The van der Waals surface area contributed by atoms with Gasteiger partial charge in [0.05, 0.1) is 0 Å². The van der Waals surface area contributed by atoms with Crippen LogP contribution in [0, 0.1) is 11.7 Å². The maximum absolute atomic E-state index is 3.45. The predicted octanol–water partition coefficient (Wildman–Crippen LogP) is 3.75. The van der Waals surface area contributed by atoms with Gasteiger partial charge in [0, 0.05) is 29.0 Å². The summed E-state index contributed by atoms with van der Waals surface area (Å²) in [5, 5.41) is 0. The zero-order chi connectivity index (χ0) is 15.7. The highest BCUT2D eigenvalue weighted by atomic mass is 15.3. The minimum atomic E-state index is 0.0481. The van der Waals surface area contributed by atoms with Crippen LogP contribution < -0.4 is 0 Å². The molecule has 1 aromatic rings. The van der Waals surface area contributed by atoms with E-state index in [1.54, 1.807) is 0 Å². The molecule has 0 N–H and O–H groups in total. The molecule has 0 atom stereocenters. The lowest BCUT2D eigenvalue weighted by Gasteiger charge is -2.40. The van der Waals surface area contributed by atoms with Crippen LogP contribution in [0.5, 0.6) is 0 Å². The van der Waals surface area contributed by atoms with Gasteiger partial charge in [0.25, 0.3) is 0 Å². The van der Waals surface area contributed by atoms with Crippen LogP contribution in [0.3, 0.4) is 0 Å². The van der Waals surface area contributed by atoms with E-state index in [0.29, 0.717) is 0 Å². The van der Waals surface area contributed by atoms with E-state index in [1.807, 2.05) is 18.2 Å². The lowest BCUT2D eigenvalue weighted by atomic mass is 9.68. The third-order valence-electron chi connectivity index (χ3n) is 3.58. The Morgan fingerprint density at radius 3 is 1.71 bits per heavy atom. The minimum Gasteiger partial charge on any atom is -0.385 e. The summed E-state index contributed by atoms with van der Waals surface area (Å²) < 4.78 is 0. The molecule has 0 unspecified atom stereocenters. The molecule has 0 radical (unpaired) electrons. The molecule has 1 heterocycles. The van der Waals surface area contributed by atoms with E-state index >= 15 is 0 Å². The minimum absolute atomic E-state index is 0.0481. The standard InChI is InChI=1S/C18H25BN2/c1-17(2,3)20-14-15-21(18(4,5)6)19(20)13-12-16-10-8-7-9-11-16/h7-11,14-15H,1-6H3. The summed E-state index contributed by atoms with van der Waals surface area (Å²) >= 11 is 0. The highest BCUT2D eigenvalue weighted by Gasteiger charge is 2.41. The van der Waals surface area contributed by atoms with Crippen LogP contribution in [0.25, 0.3) is 0 Å². The molecule has 2 rings (SSSR count). The van der Waals surface area contributed by atoms with E-state index in [1.165, 1.54) is 0 Å². The molecule has 1 aromatic carbocycles. The fraction of sp³-hybridized carbons (Fsp3) is 0.444. The first-order chi connectivity index (χ1) is 9.69. The Hall–Kier alpha value is -1.82. The molecule has 1 aliphatic heterocycles. The molecular weight excluding hydrogens is 255 g/mol. The van der Waals surface area contributed by atoms with Crippen molar-refractivity contribution >= 4 is 6.98 Å². The SMILES string of the molecule is CC(C)(C)N1C=CN(C(C)(C)C)B1C#Cc1ccccc1. The molecule has 110 valence electrons. The van der Waals surface area contributed by atoms with E-state index in [-0.39, 0.29) is 18.1 Å². The van der Waals surface area contributed by atoms with Gasteiger partial charge in [0.1, 0.15) is 0 Å². The van der Waals surface area contributed by atoms with E-state index in [0.717, 1.165) is 5.56 Å². The average Bonchev–Trinajstić information content (AvgIpc) is 2.81. The van der Waals surface area contributed by atoms with Gasteiger partial charge in [-0.25, -0.2) is 0 Å². The van der Waals surface area contributed by atoms with Crippen molar-refractivity contribution in [2.75, 3.05) is 0 Å². The van der Waals surface area contributed by atoms with Crippen molar-refractivity contribution in [2.24, 2.45) is 0 Å². The Morgan fingerprint density at radius 1 is 0.810 bits per heavy atom. The molecule has 0 spiro atoms. The average molecular weight is 280 g/mol. The Kier molecular flexibility index (Phi) is 4.09. The molecule has 21 heavy (non-hydrogen) atoms. The molecule has 1 aliphatic rings. The molecule has 0 aromatic heterocycles. The van der Waals surface area contributed by atoms with E-state index in [9.17, 15) is 0 Å². The maximum Gasteiger partial charge on any atom is 0.466 e. The lowest BCUT2D eigenvalue weighted by Crippen LogP contribution is -2.55. The lowest BCUT2D eigenvalue weighted by molar-refractivity contribution is 0.287. The summed E-state index contributed by atoms with van der Waals surface area (Å²) in [6.45, 7) is 13.4. The number of nitrogens with zero attached hydrogens (tertiary/aromatic N) is 2. The predicted molar refractivity (Wildman–Crippen MR) is 91.4 cm³/mol. The van der Waals surface area contributed by atoms with Crippen molar-refractivity contribution in [3.63, 3.8) is 0 Å². The van der Waals surface area contributed by atoms with Gasteiger partial charge in [-0.3, -0.25) is 0 Å². The first-order valence-corrected chi connectivity index (χ1v) is 7.51. The second-order valence-corrected chi connectivity index (χ2v) is 7.46. The van der Waals surface area contributed by atoms with Gasteiger partial charge in [-0.05, 0) is 53.7 Å². The van der Waals surface area contributed by atoms with Crippen LogP contribution >= 0.6 is 0 Å². The van der Waals surface area contributed by atoms with E-state index in [4.69, 9.17) is 0 Å². The fourth-order valence-electron chi connectivity index (χ4n) is 2.43. The van der Waals surface area contributed by atoms with E-state index in [2.05, 4.69) is 87.4 Å². The molecule has 0 saturated carbocycles. The van der Waals surface area contributed by atoms with Gasteiger partial charge in [-0.15, -0.1) is 0 Å². The molecule has 2 nitrogen and oxygen atoms in total. The largest absolute Gasteiger partial charge is 0.466 e. The Bertz CT molecular complexity index is 543. The molecule has 3 heteroatoms. The first kappa shape index (κ1) is 15.6. The van der Waals surface area contributed by atoms with Gasteiger partial charge >= 0.3 is 6.98 Å². The van der Waals surface area contributed by atoms with Gasteiger partial charge in [-0.2, -0.15) is 0 Å². The number of rotatable bonds is 0. The van der Waals surface area contributed by atoms with Crippen LogP contribution in [0.2, 0.25) is 0 Å².